The normalized spacial score (nSPS) is 10.2. The minimum absolute atomic E-state index is 0. The second-order valence-electron chi connectivity index (χ2n) is 4.60. The maximum atomic E-state index is 2.29. The summed E-state index contributed by atoms with van der Waals surface area (Å²) in [6.45, 7) is 6.62. The standard InChI is InChI=1S/C16H18I.ClH/c1-12(2)14-6-10-16(11-7-14)17-15-8-4-13(3)5-9-15;/h4-12H,1-3H3;1H/q+1;/p-1. The van der Waals surface area contributed by atoms with Crippen molar-refractivity contribution in [2.45, 2.75) is 26.7 Å². The molecule has 0 saturated carbocycles. The topological polar surface area (TPSA) is 0 Å². The summed E-state index contributed by atoms with van der Waals surface area (Å²) in [5, 5.41) is 0. The molecule has 0 amide bonds. The predicted molar refractivity (Wildman–Crippen MR) is 69.1 cm³/mol. The fraction of sp³-hybridized carbons (Fsp3) is 0.250. The van der Waals surface area contributed by atoms with Gasteiger partial charge in [0.15, 0.2) is 7.14 Å². The van der Waals surface area contributed by atoms with Gasteiger partial charge in [-0.25, -0.2) is 0 Å². The first-order chi connectivity index (χ1) is 8.15. The van der Waals surface area contributed by atoms with Crippen molar-refractivity contribution in [2.24, 2.45) is 0 Å². The van der Waals surface area contributed by atoms with Crippen LogP contribution in [0, 0.1) is 14.1 Å². The van der Waals surface area contributed by atoms with E-state index in [1.807, 2.05) is 0 Å². The van der Waals surface area contributed by atoms with Gasteiger partial charge in [-0.1, -0.05) is 43.7 Å². The van der Waals surface area contributed by atoms with Crippen LogP contribution in [0.1, 0.15) is 30.9 Å². The van der Waals surface area contributed by atoms with Gasteiger partial charge in [0.05, 0.1) is 0 Å². The Morgan fingerprint density at radius 3 is 1.67 bits per heavy atom. The third kappa shape index (κ3) is 4.29. The second kappa shape index (κ2) is 7.15. The minimum Gasteiger partial charge on any atom is -1.00 e. The van der Waals surface area contributed by atoms with E-state index in [0.717, 1.165) is 0 Å². The van der Waals surface area contributed by atoms with Gasteiger partial charge in [0.25, 0.3) is 0 Å². The number of halogens is 2. The van der Waals surface area contributed by atoms with Gasteiger partial charge in [0.2, 0.25) is 0 Å². The molecule has 2 aromatic rings. The van der Waals surface area contributed by atoms with E-state index < -0.39 is 0 Å². The Kier molecular flexibility index (Phi) is 6.16. The summed E-state index contributed by atoms with van der Waals surface area (Å²) in [6, 6.07) is 18.1. The smallest absolute Gasteiger partial charge is 0.357 e. The molecule has 2 aromatic carbocycles. The largest absolute Gasteiger partial charge is 1.00 e. The number of aryl methyl sites for hydroxylation is 1. The van der Waals surface area contributed by atoms with E-state index in [9.17, 15) is 0 Å². The van der Waals surface area contributed by atoms with Gasteiger partial charge in [-0.2, -0.15) is 0 Å². The van der Waals surface area contributed by atoms with Crippen molar-refractivity contribution in [3.05, 3.63) is 66.8 Å². The summed E-state index contributed by atoms with van der Waals surface area (Å²) in [5.41, 5.74) is 2.77. The monoisotopic (exact) mass is 372 g/mol. The molecule has 0 heterocycles. The van der Waals surface area contributed by atoms with Gasteiger partial charge in [0, 0.05) is 0 Å². The highest BCUT2D eigenvalue weighted by atomic mass is 127. The van der Waals surface area contributed by atoms with Crippen LogP contribution in [0.25, 0.3) is 0 Å². The summed E-state index contributed by atoms with van der Waals surface area (Å²) in [4.78, 5) is 0. The van der Waals surface area contributed by atoms with Gasteiger partial charge in [-0.3, -0.25) is 0 Å². The van der Waals surface area contributed by atoms with Crippen LogP contribution < -0.4 is 33.6 Å². The Hall–Kier alpha value is -0.540. The molecule has 18 heavy (non-hydrogen) atoms. The first-order valence-electron chi connectivity index (χ1n) is 5.96. The number of hydrogen-bond donors (Lipinski definition) is 0. The van der Waals surface area contributed by atoms with E-state index in [0.29, 0.717) is 5.92 Å². The average molecular weight is 373 g/mol. The van der Waals surface area contributed by atoms with E-state index in [1.54, 1.807) is 0 Å². The highest BCUT2D eigenvalue weighted by Crippen LogP contribution is 2.11. The van der Waals surface area contributed by atoms with Crippen molar-refractivity contribution in [3.63, 3.8) is 0 Å². The molecular weight excluding hydrogens is 355 g/mol. The van der Waals surface area contributed by atoms with Crippen molar-refractivity contribution in [1.29, 1.82) is 0 Å². The molecular formula is C16H18ClI. The zero-order chi connectivity index (χ0) is 12.3. The van der Waals surface area contributed by atoms with Gasteiger partial charge in [-0.15, -0.1) is 0 Å². The molecule has 0 aliphatic carbocycles. The van der Waals surface area contributed by atoms with Crippen LogP contribution in [0.15, 0.2) is 48.5 Å². The van der Waals surface area contributed by atoms with E-state index in [2.05, 4.69) is 69.3 Å². The van der Waals surface area contributed by atoms with E-state index >= 15 is 0 Å². The van der Waals surface area contributed by atoms with Crippen molar-refractivity contribution < 1.29 is 33.6 Å². The molecule has 0 spiro atoms. The highest BCUT2D eigenvalue weighted by molar-refractivity contribution is 5.18. The molecule has 96 valence electrons. The fourth-order valence-corrected chi connectivity index (χ4v) is 3.79. The molecule has 2 rings (SSSR count). The molecule has 0 fully saturated rings. The Bertz CT molecular complexity index is 471. The van der Waals surface area contributed by atoms with Gasteiger partial charge < -0.3 is 12.4 Å². The number of benzene rings is 2. The molecule has 0 N–H and O–H groups in total. The SMILES string of the molecule is Cc1ccc([I+]c2ccc(C(C)C)cc2)cc1.[Cl-]. The van der Waals surface area contributed by atoms with Crippen LogP contribution in [0.3, 0.4) is 0 Å². The van der Waals surface area contributed by atoms with Crippen molar-refractivity contribution >= 4 is 0 Å². The molecule has 0 aromatic heterocycles. The molecule has 0 atom stereocenters. The van der Waals surface area contributed by atoms with Gasteiger partial charge >= 0.3 is 21.2 Å². The first-order valence-corrected chi connectivity index (χ1v) is 8.12. The first kappa shape index (κ1) is 15.5. The second-order valence-corrected chi connectivity index (χ2v) is 7.63. The van der Waals surface area contributed by atoms with Crippen LogP contribution in [-0.2, 0) is 0 Å². The summed E-state index contributed by atoms with van der Waals surface area (Å²) < 4.78 is 2.99. The average Bonchev–Trinajstić information content (AvgIpc) is 2.33. The lowest BCUT2D eigenvalue weighted by Crippen LogP contribution is -3.61. The molecule has 0 saturated heterocycles. The Labute approximate surface area is 126 Å². The highest BCUT2D eigenvalue weighted by Gasteiger charge is 2.14. The van der Waals surface area contributed by atoms with Gasteiger partial charge in [0.1, 0.15) is 0 Å². The summed E-state index contributed by atoms with van der Waals surface area (Å²) in [7, 11) is 0. The fourth-order valence-electron chi connectivity index (χ4n) is 1.63. The van der Waals surface area contributed by atoms with E-state index in [-0.39, 0.29) is 33.6 Å². The van der Waals surface area contributed by atoms with Gasteiger partial charge in [-0.05, 0) is 42.7 Å². The van der Waals surface area contributed by atoms with Crippen LogP contribution >= 0.6 is 0 Å². The molecule has 0 aliphatic rings. The molecule has 0 nitrogen and oxygen atoms in total. The number of rotatable bonds is 3. The predicted octanol–water partition coefficient (Wildman–Crippen LogP) is -1.75. The Balaban J connectivity index is 0.00000162. The zero-order valence-electron chi connectivity index (χ0n) is 11.0. The van der Waals surface area contributed by atoms with Crippen molar-refractivity contribution in [1.82, 2.24) is 0 Å². The Morgan fingerprint density at radius 1 is 0.778 bits per heavy atom. The van der Waals surface area contributed by atoms with Crippen LogP contribution in [0.5, 0.6) is 0 Å². The lowest BCUT2D eigenvalue weighted by Gasteiger charge is -2.02. The quantitative estimate of drug-likeness (QED) is 0.561. The minimum atomic E-state index is -0.0167. The van der Waals surface area contributed by atoms with Crippen LogP contribution in [0.4, 0.5) is 0 Å². The summed E-state index contributed by atoms with van der Waals surface area (Å²) in [6.07, 6.45) is 0. The van der Waals surface area contributed by atoms with Crippen molar-refractivity contribution in [3.8, 4) is 0 Å². The van der Waals surface area contributed by atoms with E-state index in [1.165, 1.54) is 18.3 Å². The Morgan fingerprint density at radius 2 is 1.22 bits per heavy atom. The molecule has 0 bridgehead atoms. The lowest BCUT2D eigenvalue weighted by atomic mass is 10.0. The third-order valence-electron chi connectivity index (χ3n) is 2.77. The maximum absolute atomic E-state index is 2.29. The lowest BCUT2D eigenvalue weighted by molar-refractivity contribution is -0.597. The maximum Gasteiger partial charge on any atom is 0.357 e. The molecule has 2 heteroatoms. The van der Waals surface area contributed by atoms with Crippen molar-refractivity contribution in [2.75, 3.05) is 0 Å². The van der Waals surface area contributed by atoms with E-state index in [4.69, 9.17) is 0 Å². The van der Waals surface area contributed by atoms with Crippen LogP contribution in [-0.4, -0.2) is 0 Å². The molecule has 0 aliphatic heterocycles. The summed E-state index contributed by atoms with van der Waals surface area (Å²) >= 11 is -0.0167. The molecule has 0 unspecified atom stereocenters. The number of hydrogen-bond acceptors (Lipinski definition) is 0. The van der Waals surface area contributed by atoms with Crippen LogP contribution in [0.2, 0.25) is 0 Å². The zero-order valence-corrected chi connectivity index (χ0v) is 13.9. The summed E-state index contributed by atoms with van der Waals surface area (Å²) in [5.74, 6) is 0.627. The molecule has 0 radical (unpaired) electrons. The third-order valence-corrected chi connectivity index (χ3v) is 5.45.